The molecule has 0 saturated carbocycles. The molecular weight excluding hydrogens is 232 g/mol. The fourth-order valence-electron chi connectivity index (χ4n) is 2.18. The maximum Gasteiger partial charge on any atom is 0.228 e. The summed E-state index contributed by atoms with van der Waals surface area (Å²) in [5.41, 5.74) is 0. The summed E-state index contributed by atoms with van der Waals surface area (Å²) >= 11 is 0. The van der Waals surface area contributed by atoms with Crippen molar-refractivity contribution in [2.24, 2.45) is 5.92 Å². The van der Waals surface area contributed by atoms with Gasteiger partial charge < -0.3 is 15.2 Å². The lowest BCUT2D eigenvalue weighted by molar-refractivity contribution is -0.122. The first kappa shape index (κ1) is 13.0. The van der Waals surface area contributed by atoms with Crippen LogP contribution < -0.4 is 10.6 Å². The summed E-state index contributed by atoms with van der Waals surface area (Å²) in [5.74, 6) is 1.79. The number of carbonyl (C=O) groups excluding carboxylic acids is 1. The highest BCUT2D eigenvalue weighted by atomic mass is 16.5. The predicted molar refractivity (Wildman–Crippen MR) is 66.0 cm³/mol. The molecule has 2 N–H and O–H groups in total. The second kappa shape index (κ2) is 6.49. The van der Waals surface area contributed by atoms with E-state index in [9.17, 15) is 4.79 Å². The van der Waals surface area contributed by atoms with Gasteiger partial charge in [-0.3, -0.25) is 4.79 Å². The van der Waals surface area contributed by atoms with Crippen LogP contribution in [0.15, 0.2) is 4.52 Å². The second-order valence-corrected chi connectivity index (χ2v) is 4.75. The Morgan fingerprint density at radius 3 is 3.17 bits per heavy atom. The van der Waals surface area contributed by atoms with Crippen LogP contribution in [0.2, 0.25) is 0 Å². The van der Waals surface area contributed by atoms with E-state index in [-0.39, 0.29) is 5.91 Å². The predicted octanol–water partition coefficient (Wildman–Crippen LogP) is 0.426. The van der Waals surface area contributed by atoms with E-state index in [1.165, 1.54) is 6.42 Å². The molecule has 2 heterocycles. The minimum Gasteiger partial charge on any atom is -0.356 e. The van der Waals surface area contributed by atoms with Crippen molar-refractivity contribution in [1.82, 2.24) is 20.8 Å². The van der Waals surface area contributed by atoms with Gasteiger partial charge in [0.25, 0.3) is 0 Å². The Morgan fingerprint density at radius 1 is 1.61 bits per heavy atom. The summed E-state index contributed by atoms with van der Waals surface area (Å²) in [6.07, 6.45) is 3.51. The molecule has 2 rings (SSSR count). The van der Waals surface area contributed by atoms with E-state index in [1.807, 2.05) is 0 Å². The van der Waals surface area contributed by atoms with Gasteiger partial charge in [0.15, 0.2) is 5.82 Å². The number of hydrogen-bond donors (Lipinski definition) is 2. The Balaban J connectivity index is 1.62. The van der Waals surface area contributed by atoms with E-state index < -0.39 is 0 Å². The molecule has 1 aliphatic heterocycles. The molecule has 18 heavy (non-hydrogen) atoms. The van der Waals surface area contributed by atoms with Gasteiger partial charge in [0.2, 0.25) is 11.8 Å². The highest BCUT2D eigenvalue weighted by Gasteiger charge is 2.16. The Labute approximate surface area is 107 Å². The van der Waals surface area contributed by atoms with Crippen molar-refractivity contribution in [1.29, 1.82) is 0 Å². The standard InChI is InChI=1S/C12H20N4O2/c1-9-15-12(18-16-9)4-6-14-11(17)7-10-3-2-5-13-8-10/h10,13H,2-8H2,1H3,(H,14,17). The summed E-state index contributed by atoms with van der Waals surface area (Å²) in [6.45, 7) is 4.37. The molecule has 100 valence electrons. The number of nitrogens with zero attached hydrogens (tertiary/aromatic N) is 2. The van der Waals surface area contributed by atoms with E-state index >= 15 is 0 Å². The smallest absolute Gasteiger partial charge is 0.228 e. The molecule has 1 unspecified atom stereocenters. The summed E-state index contributed by atoms with van der Waals surface area (Å²) < 4.78 is 4.97. The molecule has 1 aromatic heterocycles. The number of carbonyl (C=O) groups is 1. The van der Waals surface area contributed by atoms with Crippen LogP contribution in [0, 0.1) is 12.8 Å². The van der Waals surface area contributed by atoms with E-state index in [1.54, 1.807) is 6.92 Å². The molecule has 0 aliphatic carbocycles. The maximum atomic E-state index is 11.7. The van der Waals surface area contributed by atoms with Crippen molar-refractivity contribution in [3.05, 3.63) is 11.7 Å². The summed E-state index contributed by atoms with van der Waals surface area (Å²) in [5, 5.41) is 9.91. The van der Waals surface area contributed by atoms with Crippen LogP contribution in [0.4, 0.5) is 0 Å². The van der Waals surface area contributed by atoms with Crippen LogP contribution in [0.1, 0.15) is 31.0 Å². The average Bonchev–Trinajstić information content (AvgIpc) is 2.76. The number of rotatable bonds is 5. The highest BCUT2D eigenvalue weighted by Crippen LogP contribution is 2.13. The zero-order valence-electron chi connectivity index (χ0n) is 10.7. The Hall–Kier alpha value is -1.43. The largest absolute Gasteiger partial charge is 0.356 e. The Kier molecular flexibility index (Phi) is 4.69. The topological polar surface area (TPSA) is 80.0 Å². The van der Waals surface area contributed by atoms with E-state index in [2.05, 4.69) is 20.8 Å². The van der Waals surface area contributed by atoms with Crippen molar-refractivity contribution in [3.63, 3.8) is 0 Å². The molecule has 1 saturated heterocycles. The average molecular weight is 252 g/mol. The van der Waals surface area contributed by atoms with Crippen molar-refractivity contribution in [3.8, 4) is 0 Å². The highest BCUT2D eigenvalue weighted by molar-refractivity contribution is 5.76. The molecule has 0 spiro atoms. The molecule has 1 atom stereocenters. The third-order valence-electron chi connectivity index (χ3n) is 3.10. The van der Waals surface area contributed by atoms with Crippen LogP contribution in [0.3, 0.4) is 0 Å². The van der Waals surface area contributed by atoms with Gasteiger partial charge in [-0.1, -0.05) is 5.16 Å². The van der Waals surface area contributed by atoms with Crippen LogP contribution in [0.5, 0.6) is 0 Å². The fraction of sp³-hybridized carbons (Fsp3) is 0.750. The molecule has 1 aliphatic rings. The number of aryl methyl sites for hydroxylation is 1. The van der Waals surface area contributed by atoms with Gasteiger partial charge in [-0.15, -0.1) is 0 Å². The van der Waals surface area contributed by atoms with Gasteiger partial charge in [0, 0.05) is 19.4 Å². The molecule has 0 aromatic carbocycles. The SMILES string of the molecule is Cc1noc(CCNC(=O)CC2CCCNC2)n1. The zero-order chi connectivity index (χ0) is 12.8. The van der Waals surface area contributed by atoms with Crippen molar-refractivity contribution < 1.29 is 9.32 Å². The quantitative estimate of drug-likeness (QED) is 0.794. The molecule has 6 heteroatoms. The van der Waals surface area contributed by atoms with Crippen LogP contribution >= 0.6 is 0 Å². The lowest BCUT2D eigenvalue weighted by atomic mass is 9.96. The molecule has 0 radical (unpaired) electrons. The summed E-state index contributed by atoms with van der Waals surface area (Å²) in [6, 6.07) is 0. The van der Waals surface area contributed by atoms with Gasteiger partial charge in [0.05, 0.1) is 0 Å². The minimum absolute atomic E-state index is 0.111. The molecule has 1 aromatic rings. The normalized spacial score (nSPS) is 19.7. The third kappa shape index (κ3) is 4.10. The number of hydrogen-bond acceptors (Lipinski definition) is 5. The van der Waals surface area contributed by atoms with Crippen molar-refractivity contribution in [2.75, 3.05) is 19.6 Å². The van der Waals surface area contributed by atoms with Gasteiger partial charge in [-0.05, 0) is 38.8 Å². The van der Waals surface area contributed by atoms with Crippen LogP contribution in [-0.2, 0) is 11.2 Å². The van der Waals surface area contributed by atoms with Gasteiger partial charge in [-0.25, -0.2) is 0 Å². The van der Waals surface area contributed by atoms with Crippen LogP contribution in [-0.4, -0.2) is 35.7 Å². The zero-order valence-corrected chi connectivity index (χ0v) is 10.7. The summed E-state index contributed by atoms with van der Waals surface area (Å²) in [7, 11) is 0. The van der Waals surface area contributed by atoms with Crippen LogP contribution in [0.25, 0.3) is 0 Å². The lowest BCUT2D eigenvalue weighted by Gasteiger charge is -2.21. The first-order valence-electron chi connectivity index (χ1n) is 6.50. The number of nitrogens with one attached hydrogen (secondary N) is 2. The summed E-state index contributed by atoms with van der Waals surface area (Å²) in [4.78, 5) is 15.8. The van der Waals surface area contributed by atoms with Gasteiger partial charge >= 0.3 is 0 Å². The monoisotopic (exact) mass is 252 g/mol. The number of aromatic nitrogens is 2. The first-order valence-corrected chi connectivity index (χ1v) is 6.50. The number of piperidine rings is 1. The maximum absolute atomic E-state index is 11.7. The van der Waals surface area contributed by atoms with E-state index in [0.29, 0.717) is 37.0 Å². The van der Waals surface area contributed by atoms with Crippen molar-refractivity contribution >= 4 is 5.91 Å². The minimum atomic E-state index is 0.111. The Morgan fingerprint density at radius 2 is 2.50 bits per heavy atom. The lowest BCUT2D eigenvalue weighted by Crippen LogP contribution is -2.34. The molecule has 6 nitrogen and oxygen atoms in total. The van der Waals surface area contributed by atoms with Gasteiger partial charge in [-0.2, -0.15) is 4.98 Å². The first-order chi connectivity index (χ1) is 8.74. The van der Waals surface area contributed by atoms with Crippen molar-refractivity contribution in [2.45, 2.75) is 32.6 Å². The second-order valence-electron chi connectivity index (χ2n) is 4.75. The Bertz CT molecular complexity index is 385. The van der Waals surface area contributed by atoms with Gasteiger partial charge in [0.1, 0.15) is 0 Å². The molecule has 1 amide bonds. The van der Waals surface area contributed by atoms with E-state index in [4.69, 9.17) is 4.52 Å². The molecule has 1 fully saturated rings. The molecular formula is C12H20N4O2. The van der Waals surface area contributed by atoms with E-state index in [0.717, 1.165) is 19.5 Å². The fourth-order valence-corrected chi connectivity index (χ4v) is 2.18. The molecule has 0 bridgehead atoms. The number of amides is 1. The third-order valence-corrected chi connectivity index (χ3v) is 3.10.